The van der Waals surface area contributed by atoms with Crippen LogP contribution in [0, 0.1) is 23.2 Å². The fraction of sp³-hybridized carbons (Fsp3) is 0. The third-order valence-electron chi connectivity index (χ3n) is 3.09. The maximum Gasteiger partial charge on any atom is 0.0991 e. The van der Waals surface area contributed by atoms with E-state index in [0.29, 0.717) is 5.56 Å². The van der Waals surface area contributed by atoms with Crippen molar-refractivity contribution in [3.63, 3.8) is 0 Å². The Balaban J connectivity index is 1.98. The molecule has 3 rings (SSSR count). The standard InChI is InChI=1S/C19H11N/c20-14-17-9-11-18-12-16(8-10-19(18)13-17)7-6-15-4-2-1-3-5-15/h1-5,8-13H. The van der Waals surface area contributed by atoms with Crippen LogP contribution in [-0.2, 0) is 0 Å². The predicted molar refractivity (Wildman–Crippen MR) is 81.1 cm³/mol. The summed E-state index contributed by atoms with van der Waals surface area (Å²) < 4.78 is 0. The minimum absolute atomic E-state index is 0.681. The minimum atomic E-state index is 0.681. The van der Waals surface area contributed by atoms with Gasteiger partial charge in [-0.3, -0.25) is 0 Å². The zero-order valence-electron chi connectivity index (χ0n) is 10.8. The highest BCUT2D eigenvalue weighted by Crippen LogP contribution is 2.17. The Hall–Kier alpha value is -3.03. The van der Waals surface area contributed by atoms with Gasteiger partial charge in [0, 0.05) is 11.1 Å². The summed E-state index contributed by atoms with van der Waals surface area (Å²) in [6.45, 7) is 0. The second-order valence-electron chi connectivity index (χ2n) is 4.50. The van der Waals surface area contributed by atoms with Crippen molar-refractivity contribution in [2.24, 2.45) is 0 Å². The van der Waals surface area contributed by atoms with E-state index in [0.717, 1.165) is 21.9 Å². The van der Waals surface area contributed by atoms with Crippen molar-refractivity contribution in [2.75, 3.05) is 0 Å². The summed E-state index contributed by atoms with van der Waals surface area (Å²) in [4.78, 5) is 0. The van der Waals surface area contributed by atoms with Crippen LogP contribution in [0.3, 0.4) is 0 Å². The molecule has 0 aromatic heterocycles. The first kappa shape index (κ1) is 12.0. The molecule has 92 valence electrons. The topological polar surface area (TPSA) is 23.8 Å². The molecule has 0 amide bonds. The molecule has 0 heterocycles. The van der Waals surface area contributed by atoms with Gasteiger partial charge in [-0.1, -0.05) is 42.2 Å². The molecule has 1 nitrogen and oxygen atoms in total. The van der Waals surface area contributed by atoms with E-state index < -0.39 is 0 Å². The van der Waals surface area contributed by atoms with Crippen LogP contribution in [0.2, 0.25) is 0 Å². The summed E-state index contributed by atoms with van der Waals surface area (Å²) in [5.74, 6) is 6.31. The molecule has 0 aliphatic heterocycles. The van der Waals surface area contributed by atoms with Gasteiger partial charge in [0.05, 0.1) is 11.6 Å². The van der Waals surface area contributed by atoms with Gasteiger partial charge >= 0.3 is 0 Å². The zero-order valence-corrected chi connectivity index (χ0v) is 10.8. The van der Waals surface area contributed by atoms with E-state index in [2.05, 4.69) is 17.9 Å². The quantitative estimate of drug-likeness (QED) is 0.553. The lowest BCUT2D eigenvalue weighted by Gasteiger charge is -1.99. The lowest BCUT2D eigenvalue weighted by Crippen LogP contribution is -1.80. The van der Waals surface area contributed by atoms with E-state index >= 15 is 0 Å². The minimum Gasteiger partial charge on any atom is -0.192 e. The van der Waals surface area contributed by atoms with Crippen molar-refractivity contribution in [2.45, 2.75) is 0 Å². The van der Waals surface area contributed by atoms with Crippen LogP contribution < -0.4 is 0 Å². The van der Waals surface area contributed by atoms with E-state index in [1.165, 1.54) is 0 Å². The van der Waals surface area contributed by atoms with Gasteiger partial charge in [-0.2, -0.15) is 5.26 Å². The summed E-state index contributed by atoms with van der Waals surface area (Å²) in [6, 6.07) is 23.8. The van der Waals surface area contributed by atoms with Gasteiger partial charge in [-0.05, 0) is 47.2 Å². The van der Waals surface area contributed by atoms with Gasteiger partial charge < -0.3 is 0 Å². The average Bonchev–Trinajstić information content (AvgIpc) is 2.53. The van der Waals surface area contributed by atoms with Crippen LogP contribution in [0.1, 0.15) is 16.7 Å². The van der Waals surface area contributed by atoms with E-state index in [4.69, 9.17) is 5.26 Å². The van der Waals surface area contributed by atoms with Crippen molar-refractivity contribution in [3.05, 3.63) is 83.4 Å². The lowest BCUT2D eigenvalue weighted by atomic mass is 10.0. The Labute approximate surface area is 118 Å². The monoisotopic (exact) mass is 253 g/mol. The first-order chi connectivity index (χ1) is 9.85. The molecular formula is C19H11N. The molecule has 0 bridgehead atoms. The third kappa shape index (κ3) is 2.53. The molecule has 0 fully saturated rings. The second-order valence-corrected chi connectivity index (χ2v) is 4.50. The van der Waals surface area contributed by atoms with Gasteiger partial charge in [0.2, 0.25) is 0 Å². The fourth-order valence-corrected chi connectivity index (χ4v) is 2.06. The molecule has 0 N–H and O–H groups in total. The van der Waals surface area contributed by atoms with Gasteiger partial charge in [0.1, 0.15) is 0 Å². The Morgan fingerprint density at radius 1 is 0.600 bits per heavy atom. The summed E-state index contributed by atoms with van der Waals surface area (Å²) >= 11 is 0. The zero-order chi connectivity index (χ0) is 13.8. The molecule has 3 aromatic carbocycles. The van der Waals surface area contributed by atoms with Crippen LogP contribution in [0.4, 0.5) is 0 Å². The van der Waals surface area contributed by atoms with Gasteiger partial charge in [0.25, 0.3) is 0 Å². The van der Waals surface area contributed by atoms with Crippen LogP contribution in [0.25, 0.3) is 10.8 Å². The fourth-order valence-electron chi connectivity index (χ4n) is 2.06. The van der Waals surface area contributed by atoms with Crippen molar-refractivity contribution in [1.29, 1.82) is 5.26 Å². The highest BCUT2D eigenvalue weighted by atomic mass is 14.2. The second kappa shape index (κ2) is 5.31. The third-order valence-corrected chi connectivity index (χ3v) is 3.09. The Morgan fingerprint density at radius 3 is 1.90 bits per heavy atom. The number of nitrogens with zero attached hydrogens (tertiary/aromatic N) is 1. The normalized spacial score (nSPS) is 9.55. The molecule has 0 spiro atoms. The van der Waals surface area contributed by atoms with Crippen molar-refractivity contribution < 1.29 is 0 Å². The van der Waals surface area contributed by atoms with E-state index in [1.54, 1.807) is 0 Å². The average molecular weight is 253 g/mol. The smallest absolute Gasteiger partial charge is 0.0991 e. The molecule has 0 saturated heterocycles. The molecule has 0 aliphatic rings. The molecule has 20 heavy (non-hydrogen) atoms. The number of nitriles is 1. The lowest BCUT2D eigenvalue weighted by molar-refractivity contribution is 1.50. The first-order valence-corrected chi connectivity index (χ1v) is 6.36. The maximum atomic E-state index is 8.89. The van der Waals surface area contributed by atoms with Gasteiger partial charge in [0.15, 0.2) is 0 Å². The van der Waals surface area contributed by atoms with Crippen molar-refractivity contribution >= 4 is 10.8 Å². The predicted octanol–water partition coefficient (Wildman–Crippen LogP) is 4.11. The molecular weight excluding hydrogens is 242 g/mol. The highest BCUT2D eigenvalue weighted by Gasteiger charge is 1.96. The number of rotatable bonds is 0. The molecule has 0 aliphatic carbocycles. The summed E-state index contributed by atoms with van der Waals surface area (Å²) in [6.07, 6.45) is 0. The number of benzene rings is 3. The van der Waals surface area contributed by atoms with Crippen molar-refractivity contribution in [1.82, 2.24) is 0 Å². The van der Waals surface area contributed by atoms with Crippen LogP contribution >= 0.6 is 0 Å². The Bertz CT molecular complexity index is 859. The van der Waals surface area contributed by atoms with Crippen molar-refractivity contribution in [3.8, 4) is 17.9 Å². The number of fused-ring (bicyclic) bond motifs is 1. The van der Waals surface area contributed by atoms with Gasteiger partial charge in [-0.15, -0.1) is 0 Å². The molecule has 3 aromatic rings. The highest BCUT2D eigenvalue weighted by molar-refractivity contribution is 5.85. The Kier molecular flexibility index (Phi) is 3.19. The summed E-state index contributed by atoms with van der Waals surface area (Å²) in [5.41, 5.74) is 2.67. The largest absolute Gasteiger partial charge is 0.192 e. The molecule has 0 unspecified atom stereocenters. The molecule has 1 heteroatoms. The first-order valence-electron chi connectivity index (χ1n) is 6.36. The van der Waals surface area contributed by atoms with Crippen LogP contribution in [0.5, 0.6) is 0 Å². The molecule has 0 saturated carbocycles. The Morgan fingerprint density at radius 2 is 1.20 bits per heavy atom. The van der Waals surface area contributed by atoms with E-state index in [-0.39, 0.29) is 0 Å². The SMILES string of the molecule is N#Cc1ccc2cc(C#Cc3ccccc3)ccc2c1. The van der Waals surface area contributed by atoms with E-state index in [9.17, 15) is 0 Å². The number of hydrogen-bond donors (Lipinski definition) is 0. The van der Waals surface area contributed by atoms with Gasteiger partial charge in [-0.25, -0.2) is 0 Å². The summed E-state index contributed by atoms with van der Waals surface area (Å²) in [5, 5.41) is 11.1. The molecule has 0 radical (unpaired) electrons. The maximum absolute atomic E-state index is 8.89. The number of hydrogen-bond acceptors (Lipinski definition) is 1. The van der Waals surface area contributed by atoms with Crippen LogP contribution in [0.15, 0.2) is 66.7 Å². The van der Waals surface area contributed by atoms with E-state index in [1.807, 2.05) is 66.7 Å². The van der Waals surface area contributed by atoms with Crippen LogP contribution in [-0.4, -0.2) is 0 Å². The molecule has 0 atom stereocenters. The summed E-state index contributed by atoms with van der Waals surface area (Å²) in [7, 11) is 0.